The first kappa shape index (κ1) is 20.0. The van der Waals surface area contributed by atoms with Gasteiger partial charge in [0.2, 0.25) is 5.91 Å². The van der Waals surface area contributed by atoms with Crippen LogP contribution in [0.1, 0.15) is 31.2 Å². The molecule has 0 bridgehead atoms. The molecule has 2 atom stereocenters. The summed E-state index contributed by atoms with van der Waals surface area (Å²) in [6, 6.07) is 7.74. The van der Waals surface area contributed by atoms with Gasteiger partial charge in [-0.1, -0.05) is 12.1 Å². The molecule has 0 unspecified atom stereocenters. The van der Waals surface area contributed by atoms with Gasteiger partial charge in [0, 0.05) is 44.2 Å². The van der Waals surface area contributed by atoms with Crippen LogP contribution < -0.4 is 10.1 Å². The molecule has 7 nitrogen and oxygen atoms in total. The minimum absolute atomic E-state index is 0.0370. The van der Waals surface area contributed by atoms with Crippen LogP contribution in [-0.2, 0) is 16.0 Å². The number of hydrogen-bond acceptors (Lipinski definition) is 4. The van der Waals surface area contributed by atoms with Crippen LogP contribution in [0.4, 0.5) is 4.79 Å². The van der Waals surface area contributed by atoms with Gasteiger partial charge in [-0.2, -0.15) is 0 Å². The first-order valence-corrected chi connectivity index (χ1v) is 10.6. The predicted molar refractivity (Wildman–Crippen MR) is 109 cm³/mol. The second-order valence-electron chi connectivity index (χ2n) is 8.49. The highest BCUT2D eigenvalue weighted by atomic mass is 16.5. The molecule has 7 heteroatoms. The zero-order valence-electron chi connectivity index (χ0n) is 17.2. The molecule has 3 aliphatic heterocycles. The number of methoxy groups -OCH3 is 1. The fourth-order valence-corrected chi connectivity index (χ4v) is 4.85. The smallest absolute Gasteiger partial charge is 0.317 e. The normalized spacial score (nSPS) is 26.7. The maximum Gasteiger partial charge on any atom is 0.317 e. The van der Waals surface area contributed by atoms with Gasteiger partial charge in [0.1, 0.15) is 5.75 Å². The number of benzene rings is 1. The van der Waals surface area contributed by atoms with E-state index in [2.05, 4.69) is 5.32 Å². The summed E-state index contributed by atoms with van der Waals surface area (Å²) in [7, 11) is 1.63. The van der Waals surface area contributed by atoms with Gasteiger partial charge < -0.3 is 24.6 Å². The maximum atomic E-state index is 12.9. The molecule has 1 aromatic rings. The van der Waals surface area contributed by atoms with Crippen molar-refractivity contribution in [1.82, 2.24) is 15.1 Å². The van der Waals surface area contributed by atoms with Crippen LogP contribution >= 0.6 is 0 Å². The van der Waals surface area contributed by atoms with Gasteiger partial charge in [-0.05, 0) is 43.4 Å². The van der Waals surface area contributed by atoms with Crippen LogP contribution in [0.25, 0.3) is 0 Å². The van der Waals surface area contributed by atoms with Gasteiger partial charge in [-0.15, -0.1) is 0 Å². The van der Waals surface area contributed by atoms with Crippen LogP contribution in [0.5, 0.6) is 5.75 Å². The van der Waals surface area contributed by atoms with E-state index in [0.29, 0.717) is 32.7 Å². The Morgan fingerprint density at radius 2 is 2.07 bits per heavy atom. The molecule has 0 saturated carbocycles. The van der Waals surface area contributed by atoms with E-state index in [-0.39, 0.29) is 23.4 Å². The topological polar surface area (TPSA) is 71.1 Å². The number of carbonyl (C=O) groups excluding carboxylic acids is 2. The lowest BCUT2D eigenvalue weighted by Gasteiger charge is -2.41. The molecule has 3 heterocycles. The Morgan fingerprint density at radius 3 is 2.86 bits per heavy atom. The predicted octanol–water partition coefficient (Wildman–Crippen LogP) is 2.05. The largest absolute Gasteiger partial charge is 0.497 e. The minimum atomic E-state index is -0.183. The van der Waals surface area contributed by atoms with Crippen molar-refractivity contribution >= 4 is 11.9 Å². The van der Waals surface area contributed by atoms with Gasteiger partial charge in [-0.3, -0.25) is 4.79 Å². The van der Waals surface area contributed by atoms with E-state index < -0.39 is 0 Å². The Morgan fingerprint density at radius 1 is 1.24 bits per heavy atom. The standard InChI is InChI=1S/C22H31N3O4/c1-28-18-6-4-5-17(13-18)14-20(26)25-11-8-22(15-25)16-29-12-7-19(22)23-21(27)24-9-2-3-10-24/h4-6,13,19H,2-3,7-12,14-16H2,1H3,(H,23,27)/t19-,22+/m0/s1. The van der Waals surface area contributed by atoms with Crippen molar-refractivity contribution in [3.63, 3.8) is 0 Å². The van der Waals surface area contributed by atoms with Crippen LogP contribution in [0, 0.1) is 5.41 Å². The average Bonchev–Trinajstić information content (AvgIpc) is 3.41. The van der Waals surface area contributed by atoms with E-state index in [1.165, 1.54) is 0 Å². The molecule has 3 amide bonds. The third-order valence-electron chi connectivity index (χ3n) is 6.60. The van der Waals surface area contributed by atoms with E-state index in [0.717, 1.165) is 50.1 Å². The van der Waals surface area contributed by atoms with Crippen molar-refractivity contribution in [2.24, 2.45) is 5.41 Å². The lowest BCUT2D eigenvalue weighted by Crippen LogP contribution is -2.57. The summed E-state index contributed by atoms with van der Waals surface area (Å²) < 4.78 is 11.1. The molecule has 158 valence electrons. The highest BCUT2D eigenvalue weighted by Crippen LogP contribution is 2.39. The van der Waals surface area contributed by atoms with Crippen molar-refractivity contribution in [1.29, 1.82) is 0 Å². The molecule has 3 aliphatic rings. The van der Waals surface area contributed by atoms with Crippen LogP contribution in [0.3, 0.4) is 0 Å². The van der Waals surface area contributed by atoms with Crippen molar-refractivity contribution in [2.75, 3.05) is 46.5 Å². The van der Waals surface area contributed by atoms with E-state index in [4.69, 9.17) is 9.47 Å². The molecule has 1 spiro atoms. The van der Waals surface area contributed by atoms with Crippen molar-refractivity contribution in [3.8, 4) is 5.75 Å². The van der Waals surface area contributed by atoms with Crippen LogP contribution in [0.15, 0.2) is 24.3 Å². The number of carbonyl (C=O) groups is 2. The zero-order chi connectivity index (χ0) is 20.3. The number of urea groups is 1. The first-order valence-electron chi connectivity index (χ1n) is 10.6. The number of rotatable bonds is 4. The van der Waals surface area contributed by atoms with Crippen LogP contribution in [0.2, 0.25) is 0 Å². The maximum absolute atomic E-state index is 12.9. The summed E-state index contributed by atoms with van der Waals surface area (Å²) >= 11 is 0. The molecule has 3 saturated heterocycles. The lowest BCUT2D eigenvalue weighted by molar-refractivity contribution is -0.130. The molecule has 29 heavy (non-hydrogen) atoms. The number of hydrogen-bond donors (Lipinski definition) is 1. The molecule has 1 aromatic carbocycles. The number of ether oxygens (including phenoxy) is 2. The van der Waals surface area contributed by atoms with E-state index in [1.807, 2.05) is 34.1 Å². The molecular formula is C22H31N3O4. The monoisotopic (exact) mass is 401 g/mol. The van der Waals surface area contributed by atoms with E-state index >= 15 is 0 Å². The van der Waals surface area contributed by atoms with Gasteiger partial charge in [-0.25, -0.2) is 4.79 Å². The molecule has 0 aromatic heterocycles. The number of likely N-dealkylation sites (tertiary alicyclic amines) is 2. The minimum Gasteiger partial charge on any atom is -0.497 e. The fraction of sp³-hybridized carbons (Fsp3) is 0.636. The average molecular weight is 402 g/mol. The van der Waals surface area contributed by atoms with Crippen molar-refractivity contribution in [3.05, 3.63) is 29.8 Å². The SMILES string of the molecule is COc1cccc(CC(=O)N2CC[C@]3(COCC[C@@H]3NC(=O)N3CCCC3)C2)c1. The van der Waals surface area contributed by atoms with Gasteiger partial charge >= 0.3 is 6.03 Å². The van der Waals surface area contributed by atoms with E-state index in [9.17, 15) is 9.59 Å². The van der Waals surface area contributed by atoms with Crippen molar-refractivity contribution in [2.45, 2.75) is 38.1 Å². The Kier molecular flexibility index (Phi) is 5.94. The quantitative estimate of drug-likeness (QED) is 0.838. The molecule has 4 rings (SSSR count). The molecule has 1 N–H and O–H groups in total. The van der Waals surface area contributed by atoms with Crippen molar-refractivity contribution < 1.29 is 19.1 Å². The van der Waals surface area contributed by atoms with Crippen LogP contribution in [-0.4, -0.2) is 74.3 Å². The van der Waals surface area contributed by atoms with Gasteiger partial charge in [0.05, 0.1) is 20.1 Å². The number of nitrogens with zero attached hydrogens (tertiary/aromatic N) is 2. The Bertz CT molecular complexity index is 749. The van der Waals surface area contributed by atoms with Gasteiger partial charge in [0.15, 0.2) is 0 Å². The second kappa shape index (κ2) is 8.61. The Balaban J connectivity index is 1.39. The summed E-state index contributed by atoms with van der Waals surface area (Å²) in [6.07, 6.45) is 4.19. The fourth-order valence-electron chi connectivity index (χ4n) is 4.85. The highest BCUT2D eigenvalue weighted by Gasteiger charge is 2.48. The Hall–Kier alpha value is -2.28. The zero-order valence-corrected chi connectivity index (χ0v) is 17.2. The van der Waals surface area contributed by atoms with Gasteiger partial charge in [0.25, 0.3) is 0 Å². The van der Waals surface area contributed by atoms with E-state index in [1.54, 1.807) is 7.11 Å². The number of amides is 3. The third-order valence-corrected chi connectivity index (χ3v) is 6.60. The first-order chi connectivity index (χ1) is 14.1. The third kappa shape index (κ3) is 4.34. The summed E-state index contributed by atoms with van der Waals surface area (Å²) in [5.74, 6) is 0.879. The highest BCUT2D eigenvalue weighted by molar-refractivity contribution is 5.79. The summed E-state index contributed by atoms with van der Waals surface area (Å²) in [5.41, 5.74) is 0.770. The molecule has 0 aliphatic carbocycles. The molecule has 3 fully saturated rings. The second-order valence-corrected chi connectivity index (χ2v) is 8.49. The molecule has 0 radical (unpaired) electrons. The summed E-state index contributed by atoms with van der Waals surface area (Å²) in [4.78, 5) is 29.4. The number of nitrogens with one attached hydrogen (secondary N) is 1. The molecular weight excluding hydrogens is 370 g/mol. The Labute approximate surface area is 172 Å². The lowest BCUT2D eigenvalue weighted by atomic mass is 9.77. The summed E-state index contributed by atoms with van der Waals surface area (Å²) in [5, 5.41) is 3.27. The summed E-state index contributed by atoms with van der Waals surface area (Å²) in [6.45, 7) is 4.29.